The molecule has 29 heavy (non-hydrogen) atoms. The Balaban J connectivity index is 1.67. The summed E-state index contributed by atoms with van der Waals surface area (Å²) in [5.41, 5.74) is 12.9. The van der Waals surface area contributed by atoms with Gasteiger partial charge in [0.05, 0.1) is 23.0 Å². The topological polar surface area (TPSA) is 132 Å². The Kier molecular flexibility index (Phi) is 5.22. The van der Waals surface area contributed by atoms with Crippen molar-refractivity contribution in [3.05, 3.63) is 48.2 Å². The number of nitrogens with one attached hydrogen (secondary N) is 2. The molecule has 2 atom stereocenters. The van der Waals surface area contributed by atoms with E-state index in [0.717, 1.165) is 42.7 Å². The summed E-state index contributed by atoms with van der Waals surface area (Å²) in [6.45, 7) is 0. The average molecular weight is 395 g/mol. The van der Waals surface area contributed by atoms with Crippen molar-refractivity contribution in [1.82, 2.24) is 15.0 Å². The molecule has 0 radical (unpaired) electrons. The maximum absolute atomic E-state index is 14.6. The Morgan fingerprint density at radius 1 is 1.17 bits per heavy atom. The number of hydrogen-bond acceptors (Lipinski definition) is 7. The summed E-state index contributed by atoms with van der Waals surface area (Å²) in [6.07, 6.45) is 8.73. The van der Waals surface area contributed by atoms with E-state index in [1.165, 1.54) is 0 Å². The summed E-state index contributed by atoms with van der Waals surface area (Å²) >= 11 is 0. The molecule has 0 unspecified atom stereocenters. The molecule has 1 aliphatic rings. The van der Waals surface area contributed by atoms with Crippen LogP contribution in [0.4, 0.5) is 21.7 Å². The molecule has 4 rings (SSSR count). The summed E-state index contributed by atoms with van der Waals surface area (Å²) < 4.78 is 14.6. The number of anilines is 3. The zero-order valence-electron chi connectivity index (χ0n) is 15.7. The normalized spacial score (nSPS) is 19.1. The zero-order chi connectivity index (χ0) is 20.4. The van der Waals surface area contributed by atoms with Crippen molar-refractivity contribution < 1.29 is 9.18 Å². The Bertz CT molecular complexity index is 1060. The number of hydrogen-bond donors (Lipinski definition) is 4. The molecule has 3 aromatic heterocycles. The van der Waals surface area contributed by atoms with Crippen LogP contribution >= 0.6 is 0 Å². The van der Waals surface area contributed by atoms with E-state index < -0.39 is 11.7 Å². The van der Waals surface area contributed by atoms with Gasteiger partial charge in [-0.3, -0.25) is 14.8 Å². The second-order valence-corrected chi connectivity index (χ2v) is 7.20. The van der Waals surface area contributed by atoms with E-state index in [2.05, 4.69) is 25.6 Å². The van der Waals surface area contributed by atoms with Gasteiger partial charge in [0, 0.05) is 29.9 Å². The van der Waals surface area contributed by atoms with Crippen LogP contribution in [0.1, 0.15) is 36.0 Å². The molecule has 1 aliphatic carbocycles. The van der Waals surface area contributed by atoms with Crippen molar-refractivity contribution in [2.24, 2.45) is 11.5 Å². The van der Waals surface area contributed by atoms with Gasteiger partial charge in [0.2, 0.25) is 0 Å². The van der Waals surface area contributed by atoms with Gasteiger partial charge in [-0.15, -0.1) is 0 Å². The lowest BCUT2D eigenvalue weighted by atomic mass is 9.91. The molecule has 0 saturated heterocycles. The van der Waals surface area contributed by atoms with Crippen molar-refractivity contribution in [2.45, 2.75) is 37.8 Å². The van der Waals surface area contributed by atoms with Crippen molar-refractivity contribution in [2.75, 3.05) is 10.6 Å². The lowest BCUT2D eigenvalue weighted by Gasteiger charge is -2.30. The van der Waals surface area contributed by atoms with Gasteiger partial charge in [-0.1, -0.05) is 12.8 Å². The number of halogens is 1. The Morgan fingerprint density at radius 3 is 2.79 bits per heavy atom. The molecule has 8 nitrogen and oxygen atoms in total. The van der Waals surface area contributed by atoms with Crippen LogP contribution in [-0.4, -0.2) is 32.9 Å². The number of pyridine rings is 3. The smallest absolute Gasteiger partial charge is 0.252 e. The van der Waals surface area contributed by atoms with Crippen LogP contribution in [0.15, 0.2) is 36.8 Å². The first-order chi connectivity index (χ1) is 14.0. The van der Waals surface area contributed by atoms with E-state index in [-0.39, 0.29) is 29.3 Å². The Hall–Kier alpha value is -3.33. The van der Waals surface area contributed by atoms with Crippen LogP contribution in [0.3, 0.4) is 0 Å². The summed E-state index contributed by atoms with van der Waals surface area (Å²) in [4.78, 5) is 24.6. The average Bonchev–Trinajstić information content (AvgIpc) is 2.71. The third kappa shape index (κ3) is 4.09. The van der Waals surface area contributed by atoms with E-state index >= 15 is 0 Å². The zero-order valence-corrected chi connectivity index (χ0v) is 15.7. The predicted molar refractivity (Wildman–Crippen MR) is 109 cm³/mol. The molecule has 150 valence electrons. The number of rotatable bonds is 5. The Labute approximate surface area is 166 Å². The molecule has 6 N–H and O–H groups in total. The van der Waals surface area contributed by atoms with Gasteiger partial charge in [0.1, 0.15) is 5.82 Å². The summed E-state index contributed by atoms with van der Waals surface area (Å²) in [7, 11) is 0. The summed E-state index contributed by atoms with van der Waals surface area (Å²) in [5, 5.41) is 6.93. The van der Waals surface area contributed by atoms with Crippen LogP contribution in [-0.2, 0) is 0 Å². The molecular formula is C20H22FN7O. The van der Waals surface area contributed by atoms with E-state index in [9.17, 15) is 9.18 Å². The first-order valence-electron chi connectivity index (χ1n) is 9.50. The lowest BCUT2D eigenvalue weighted by Crippen LogP contribution is -2.43. The molecule has 1 saturated carbocycles. The van der Waals surface area contributed by atoms with Gasteiger partial charge in [-0.2, -0.15) is 0 Å². The number of aromatic nitrogens is 3. The quantitative estimate of drug-likeness (QED) is 0.522. The third-order valence-corrected chi connectivity index (χ3v) is 5.13. The Morgan fingerprint density at radius 2 is 2.00 bits per heavy atom. The van der Waals surface area contributed by atoms with Gasteiger partial charge in [0.15, 0.2) is 11.6 Å². The fourth-order valence-electron chi connectivity index (χ4n) is 3.56. The number of fused-ring (bicyclic) bond motifs is 1. The molecule has 1 fully saturated rings. The van der Waals surface area contributed by atoms with Gasteiger partial charge in [0.25, 0.3) is 5.91 Å². The van der Waals surface area contributed by atoms with Crippen molar-refractivity contribution in [3.8, 4) is 0 Å². The number of nitrogens with zero attached hydrogens (tertiary/aromatic N) is 3. The van der Waals surface area contributed by atoms with Gasteiger partial charge in [-0.25, -0.2) is 9.37 Å². The second kappa shape index (κ2) is 7.96. The van der Waals surface area contributed by atoms with Crippen LogP contribution in [0.25, 0.3) is 10.9 Å². The first kappa shape index (κ1) is 19.0. The van der Waals surface area contributed by atoms with Crippen LogP contribution < -0.4 is 22.1 Å². The predicted octanol–water partition coefficient (Wildman–Crippen LogP) is 2.69. The summed E-state index contributed by atoms with van der Waals surface area (Å²) in [6, 6.07) is 4.54. The number of carbonyl (C=O) groups excluding carboxylic acids is 1. The minimum absolute atomic E-state index is 0.0373. The number of carbonyl (C=O) groups is 1. The first-order valence-corrected chi connectivity index (χ1v) is 9.50. The number of nitrogens with two attached hydrogens (primary N) is 2. The van der Waals surface area contributed by atoms with Crippen molar-refractivity contribution in [3.63, 3.8) is 0 Å². The molecule has 1 amide bonds. The van der Waals surface area contributed by atoms with E-state index in [4.69, 9.17) is 11.5 Å². The molecule has 0 aromatic carbocycles. The largest absolute Gasteiger partial charge is 0.365 e. The highest BCUT2D eigenvalue weighted by Gasteiger charge is 2.24. The minimum atomic E-state index is -0.782. The fourth-order valence-corrected chi connectivity index (χ4v) is 3.56. The maximum atomic E-state index is 14.6. The summed E-state index contributed by atoms with van der Waals surface area (Å²) in [5.74, 6) is -1.25. The van der Waals surface area contributed by atoms with Crippen LogP contribution in [0.5, 0.6) is 0 Å². The number of primary amides is 1. The van der Waals surface area contributed by atoms with Crippen molar-refractivity contribution in [1.29, 1.82) is 0 Å². The molecule has 0 bridgehead atoms. The highest BCUT2D eigenvalue weighted by atomic mass is 19.1. The molecule has 9 heteroatoms. The number of amides is 1. The standard InChI is InChI=1S/C20H22FN7O/c21-14-8-13(18(23)29)19(28-20(14)27-17-4-2-1-3-15(17)22)26-12-7-11-9-24-6-5-16(11)25-10-12/h5-10,15,17H,1-4,22H2,(H2,23,29)(H2,26,27,28)/t15-,17+/m0/s1. The van der Waals surface area contributed by atoms with E-state index in [0.29, 0.717) is 5.69 Å². The maximum Gasteiger partial charge on any atom is 0.252 e. The van der Waals surface area contributed by atoms with Gasteiger partial charge < -0.3 is 22.1 Å². The minimum Gasteiger partial charge on any atom is -0.365 e. The van der Waals surface area contributed by atoms with E-state index in [1.807, 2.05) is 6.07 Å². The fraction of sp³-hybridized carbons (Fsp3) is 0.300. The van der Waals surface area contributed by atoms with E-state index in [1.54, 1.807) is 24.7 Å². The molecular weight excluding hydrogens is 373 g/mol. The highest BCUT2D eigenvalue weighted by molar-refractivity contribution is 5.98. The van der Waals surface area contributed by atoms with Crippen LogP contribution in [0.2, 0.25) is 0 Å². The van der Waals surface area contributed by atoms with Crippen LogP contribution in [0, 0.1) is 5.82 Å². The molecule has 0 aliphatic heterocycles. The highest BCUT2D eigenvalue weighted by Crippen LogP contribution is 2.27. The second-order valence-electron chi connectivity index (χ2n) is 7.20. The van der Waals surface area contributed by atoms with Gasteiger partial charge >= 0.3 is 0 Å². The molecule has 3 heterocycles. The van der Waals surface area contributed by atoms with Crippen molar-refractivity contribution >= 4 is 34.1 Å². The molecule has 0 spiro atoms. The monoisotopic (exact) mass is 395 g/mol. The third-order valence-electron chi connectivity index (χ3n) is 5.13. The molecule has 3 aromatic rings. The lowest BCUT2D eigenvalue weighted by molar-refractivity contribution is 0.100. The SMILES string of the molecule is NC(=O)c1cc(F)c(N[C@@H]2CCCC[C@@H]2N)nc1Nc1cnc2ccncc2c1. The van der Waals surface area contributed by atoms with Gasteiger partial charge in [-0.05, 0) is 31.0 Å².